The molecule has 1 aromatic carbocycles. The van der Waals surface area contributed by atoms with Crippen molar-refractivity contribution in [2.75, 3.05) is 0 Å². The Morgan fingerprint density at radius 3 is 2.39 bits per heavy atom. The Morgan fingerprint density at radius 2 is 1.89 bits per heavy atom. The zero-order valence-corrected chi connectivity index (χ0v) is 8.90. The summed E-state index contributed by atoms with van der Waals surface area (Å²) in [6.07, 6.45) is 1.27. The van der Waals surface area contributed by atoms with E-state index >= 15 is 0 Å². The Hall–Kier alpha value is -2.31. The SMILES string of the molecule is O=C(O)c1ccn(Cc2c(F)cc(F)cc2F)n1. The van der Waals surface area contributed by atoms with Crippen LogP contribution < -0.4 is 0 Å². The van der Waals surface area contributed by atoms with Crippen LogP contribution >= 0.6 is 0 Å². The van der Waals surface area contributed by atoms with E-state index in [1.807, 2.05) is 0 Å². The molecule has 0 atom stereocenters. The van der Waals surface area contributed by atoms with Crippen LogP contribution in [0.4, 0.5) is 13.2 Å². The van der Waals surface area contributed by atoms with Crippen molar-refractivity contribution in [3.63, 3.8) is 0 Å². The fourth-order valence-electron chi connectivity index (χ4n) is 1.45. The van der Waals surface area contributed by atoms with E-state index in [9.17, 15) is 18.0 Å². The largest absolute Gasteiger partial charge is 0.476 e. The maximum atomic E-state index is 13.3. The van der Waals surface area contributed by atoms with Crippen molar-refractivity contribution in [3.05, 3.63) is 53.1 Å². The molecule has 0 radical (unpaired) electrons. The molecular formula is C11H7F3N2O2. The summed E-state index contributed by atoms with van der Waals surface area (Å²) in [4.78, 5) is 10.6. The first-order chi connectivity index (χ1) is 8.47. The highest BCUT2D eigenvalue weighted by molar-refractivity contribution is 5.85. The number of hydrogen-bond acceptors (Lipinski definition) is 2. The molecule has 1 heterocycles. The topological polar surface area (TPSA) is 55.1 Å². The van der Waals surface area contributed by atoms with Crippen LogP contribution in [0.1, 0.15) is 16.1 Å². The monoisotopic (exact) mass is 256 g/mol. The summed E-state index contributed by atoms with van der Waals surface area (Å²) in [5.41, 5.74) is -0.616. The van der Waals surface area contributed by atoms with Crippen LogP contribution in [0.2, 0.25) is 0 Å². The third-order valence-corrected chi connectivity index (χ3v) is 2.29. The number of aromatic nitrogens is 2. The maximum Gasteiger partial charge on any atom is 0.356 e. The Morgan fingerprint density at radius 1 is 1.28 bits per heavy atom. The molecule has 0 bridgehead atoms. The minimum Gasteiger partial charge on any atom is -0.476 e. The normalized spacial score (nSPS) is 10.6. The van der Waals surface area contributed by atoms with Gasteiger partial charge in [0.2, 0.25) is 0 Å². The maximum absolute atomic E-state index is 13.3. The van der Waals surface area contributed by atoms with Crippen molar-refractivity contribution >= 4 is 5.97 Å². The lowest BCUT2D eigenvalue weighted by Gasteiger charge is -2.05. The number of carboxylic acids is 1. The van der Waals surface area contributed by atoms with Gasteiger partial charge in [0.25, 0.3) is 0 Å². The molecular weight excluding hydrogens is 249 g/mol. The summed E-state index contributed by atoms with van der Waals surface area (Å²) in [5.74, 6) is -4.34. The molecule has 4 nitrogen and oxygen atoms in total. The van der Waals surface area contributed by atoms with E-state index in [0.29, 0.717) is 12.1 Å². The van der Waals surface area contributed by atoms with Crippen LogP contribution in [0.25, 0.3) is 0 Å². The van der Waals surface area contributed by atoms with E-state index in [-0.39, 0.29) is 17.8 Å². The Bertz CT molecular complexity index is 587. The molecule has 0 aliphatic heterocycles. The fourth-order valence-corrected chi connectivity index (χ4v) is 1.45. The van der Waals surface area contributed by atoms with Gasteiger partial charge >= 0.3 is 5.97 Å². The lowest BCUT2D eigenvalue weighted by atomic mass is 10.2. The number of nitrogens with zero attached hydrogens (tertiary/aromatic N) is 2. The van der Waals surface area contributed by atoms with Crippen molar-refractivity contribution < 1.29 is 23.1 Å². The van der Waals surface area contributed by atoms with Crippen molar-refractivity contribution in [1.29, 1.82) is 0 Å². The van der Waals surface area contributed by atoms with E-state index in [1.165, 1.54) is 12.3 Å². The quantitative estimate of drug-likeness (QED) is 0.914. The fraction of sp³-hybridized carbons (Fsp3) is 0.0909. The lowest BCUT2D eigenvalue weighted by Crippen LogP contribution is -2.07. The van der Waals surface area contributed by atoms with Crippen LogP contribution in [-0.4, -0.2) is 20.9 Å². The van der Waals surface area contributed by atoms with Crippen LogP contribution in [-0.2, 0) is 6.54 Å². The highest BCUT2D eigenvalue weighted by Gasteiger charge is 2.13. The molecule has 7 heteroatoms. The molecule has 0 spiro atoms. The number of halogens is 3. The zero-order valence-electron chi connectivity index (χ0n) is 8.90. The standard InChI is InChI=1S/C11H7F3N2O2/c12-6-3-8(13)7(9(14)4-6)5-16-2-1-10(15-16)11(17)18/h1-4H,5H2,(H,17,18). The molecule has 1 aromatic heterocycles. The van der Waals surface area contributed by atoms with E-state index in [4.69, 9.17) is 5.11 Å². The molecule has 0 saturated heterocycles. The van der Waals surface area contributed by atoms with Gasteiger partial charge in [0.05, 0.1) is 6.54 Å². The minimum atomic E-state index is -1.24. The van der Waals surface area contributed by atoms with Gasteiger partial charge < -0.3 is 5.11 Å². The highest BCUT2D eigenvalue weighted by Crippen LogP contribution is 2.15. The number of carboxylic acid groups (broad SMARTS) is 1. The predicted molar refractivity (Wildman–Crippen MR) is 54.6 cm³/mol. The summed E-state index contributed by atoms with van der Waals surface area (Å²) < 4.78 is 40.4. The zero-order chi connectivity index (χ0) is 13.3. The molecule has 1 N–H and O–H groups in total. The van der Waals surface area contributed by atoms with E-state index in [1.54, 1.807) is 0 Å². The highest BCUT2D eigenvalue weighted by atomic mass is 19.1. The van der Waals surface area contributed by atoms with E-state index in [2.05, 4.69) is 5.10 Å². The summed E-state index contributed by atoms with van der Waals surface area (Å²) in [5, 5.41) is 12.2. The molecule has 94 valence electrons. The second kappa shape index (κ2) is 4.52. The number of carbonyl (C=O) groups is 1. The molecule has 0 saturated carbocycles. The number of benzene rings is 1. The predicted octanol–water partition coefficient (Wildman–Crippen LogP) is 2.05. The van der Waals surface area contributed by atoms with Crippen molar-refractivity contribution in [1.82, 2.24) is 9.78 Å². The Balaban J connectivity index is 2.31. The van der Waals surface area contributed by atoms with Crippen molar-refractivity contribution in [2.45, 2.75) is 6.54 Å². The van der Waals surface area contributed by atoms with Gasteiger partial charge in [0, 0.05) is 23.9 Å². The summed E-state index contributed by atoms with van der Waals surface area (Å²) >= 11 is 0. The first-order valence-electron chi connectivity index (χ1n) is 4.87. The smallest absolute Gasteiger partial charge is 0.356 e. The Labute approximate surface area is 99.3 Å². The summed E-state index contributed by atoms with van der Waals surface area (Å²) in [6, 6.07) is 2.31. The van der Waals surface area contributed by atoms with Crippen LogP contribution in [0.5, 0.6) is 0 Å². The van der Waals surface area contributed by atoms with Gasteiger partial charge in [-0.2, -0.15) is 5.10 Å². The van der Waals surface area contributed by atoms with Gasteiger partial charge in [0.1, 0.15) is 17.5 Å². The van der Waals surface area contributed by atoms with Gasteiger partial charge in [-0.15, -0.1) is 0 Å². The average Bonchev–Trinajstić information content (AvgIpc) is 2.71. The van der Waals surface area contributed by atoms with Crippen LogP contribution in [0, 0.1) is 17.5 Å². The third-order valence-electron chi connectivity index (χ3n) is 2.29. The van der Waals surface area contributed by atoms with E-state index in [0.717, 1.165) is 4.68 Å². The van der Waals surface area contributed by atoms with Gasteiger partial charge in [-0.05, 0) is 6.07 Å². The minimum absolute atomic E-state index is 0.238. The Kier molecular flexibility index (Phi) is 3.05. The molecule has 2 rings (SSSR count). The van der Waals surface area contributed by atoms with E-state index < -0.39 is 23.4 Å². The summed E-state index contributed by atoms with van der Waals surface area (Å²) in [6.45, 7) is -0.314. The van der Waals surface area contributed by atoms with Crippen molar-refractivity contribution in [2.24, 2.45) is 0 Å². The lowest BCUT2D eigenvalue weighted by molar-refractivity contribution is 0.0689. The molecule has 0 unspecified atom stereocenters. The molecule has 2 aromatic rings. The van der Waals surface area contributed by atoms with Crippen LogP contribution in [0.3, 0.4) is 0 Å². The average molecular weight is 256 g/mol. The first-order valence-corrected chi connectivity index (χ1v) is 4.87. The number of hydrogen-bond donors (Lipinski definition) is 1. The van der Waals surface area contributed by atoms with Crippen molar-refractivity contribution in [3.8, 4) is 0 Å². The first kappa shape index (κ1) is 12.2. The second-order valence-corrected chi connectivity index (χ2v) is 3.55. The molecule has 18 heavy (non-hydrogen) atoms. The van der Waals surface area contributed by atoms with Gasteiger partial charge in [-0.1, -0.05) is 0 Å². The third kappa shape index (κ3) is 2.34. The van der Waals surface area contributed by atoms with Gasteiger partial charge in [-0.3, -0.25) is 4.68 Å². The van der Waals surface area contributed by atoms with Gasteiger partial charge in [-0.25, -0.2) is 18.0 Å². The molecule has 0 amide bonds. The molecule has 0 aliphatic carbocycles. The van der Waals surface area contributed by atoms with Crippen LogP contribution in [0.15, 0.2) is 24.4 Å². The van der Waals surface area contributed by atoms with Gasteiger partial charge in [0.15, 0.2) is 5.69 Å². The number of aromatic carboxylic acids is 1. The summed E-state index contributed by atoms with van der Waals surface area (Å²) in [7, 11) is 0. The molecule has 0 aliphatic rings. The number of rotatable bonds is 3. The molecule has 0 fully saturated rings. The second-order valence-electron chi connectivity index (χ2n) is 3.55.